The fraction of sp³-hybridized carbons (Fsp3) is 0.650. The molecule has 1 heterocycles. The fourth-order valence-electron chi connectivity index (χ4n) is 3.83. The van der Waals surface area contributed by atoms with Crippen LogP contribution in [0, 0.1) is 5.41 Å². The normalized spacial score (nSPS) is 25.0. The van der Waals surface area contributed by atoms with Gasteiger partial charge in [-0.1, -0.05) is 65.0 Å². The van der Waals surface area contributed by atoms with Crippen LogP contribution in [-0.2, 0) is 15.1 Å². The number of esters is 1. The van der Waals surface area contributed by atoms with E-state index >= 15 is 0 Å². The molecule has 0 N–H and O–H groups in total. The maximum Gasteiger partial charge on any atom is 0.306 e. The zero-order valence-electron chi connectivity index (χ0n) is 16.0. The second-order valence-corrected chi connectivity index (χ2v) is 7.47. The van der Waals surface area contributed by atoms with Gasteiger partial charge >= 0.3 is 5.97 Å². The van der Waals surface area contributed by atoms with Gasteiger partial charge in [-0.2, -0.15) is 0 Å². The zero-order valence-corrected chi connectivity index (χ0v) is 16.0. The van der Waals surface area contributed by atoms with E-state index in [1.54, 1.807) is 0 Å². The molecule has 0 saturated carbocycles. The first-order chi connectivity index (χ1) is 10.7. The average molecular weight is 320 g/mol. The SMILES string of the molecule is CC.CCC(=O)OC1(c2ccccc2)CC[N+](C)(C)CC1(C)C. The third kappa shape index (κ3) is 4.14. The van der Waals surface area contributed by atoms with Crippen molar-refractivity contribution in [3.63, 3.8) is 0 Å². The molecule has 23 heavy (non-hydrogen) atoms. The summed E-state index contributed by atoms with van der Waals surface area (Å²) >= 11 is 0. The number of ether oxygens (including phenoxy) is 1. The number of hydrogen-bond acceptors (Lipinski definition) is 2. The van der Waals surface area contributed by atoms with Gasteiger partial charge in [0.2, 0.25) is 0 Å². The molecule has 0 aliphatic carbocycles. The fourth-order valence-corrected chi connectivity index (χ4v) is 3.83. The first-order valence-electron chi connectivity index (χ1n) is 8.82. The van der Waals surface area contributed by atoms with Crippen LogP contribution in [0.15, 0.2) is 30.3 Å². The molecule has 0 radical (unpaired) electrons. The maximum absolute atomic E-state index is 12.1. The zero-order chi connectivity index (χ0) is 17.7. The largest absolute Gasteiger partial charge is 0.453 e. The van der Waals surface area contributed by atoms with Crippen molar-refractivity contribution in [2.24, 2.45) is 5.41 Å². The Balaban J connectivity index is 0.00000127. The van der Waals surface area contributed by atoms with Gasteiger partial charge in [0.05, 0.1) is 32.6 Å². The third-order valence-corrected chi connectivity index (χ3v) is 4.80. The van der Waals surface area contributed by atoms with E-state index in [4.69, 9.17) is 4.74 Å². The molecular formula is C20H34NO2+. The summed E-state index contributed by atoms with van der Waals surface area (Å²) in [5, 5.41) is 0. The van der Waals surface area contributed by atoms with Gasteiger partial charge in [-0.15, -0.1) is 0 Å². The number of carbonyl (C=O) groups excluding carboxylic acids is 1. The Bertz CT molecular complexity index is 508. The number of benzene rings is 1. The van der Waals surface area contributed by atoms with Crippen LogP contribution in [0.1, 0.15) is 53.0 Å². The summed E-state index contributed by atoms with van der Waals surface area (Å²) in [6.07, 6.45) is 1.28. The topological polar surface area (TPSA) is 26.3 Å². The average Bonchev–Trinajstić information content (AvgIpc) is 2.51. The van der Waals surface area contributed by atoms with Crippen molar-refractivity contribution in [1.29, 1.82) is 0 Å². The second-order valence-electron chi connectivity index (χ2n) is 7.47. The molecule has 0 bridgehead atoms. The Morgan fingerprint density at radius 1 is 1.17 bits per heavy atom. The molecule has 3 nitrogen and oxygen atoms in total. The molecule has 130 valence electrons. The van der Waals surface area contributed by atoms with Crippen molar-refractivity contribution in [2.45, 2.75) is 53.1 Å². The smallest absolute Gasteiger partial charge is 0.306 e. The van der Waals surface area contributed by atoms with Crippen LogP contribution >= 0.6 is 0 Å². The van der Waals surface area contributed by atoms with E-state index in [2.05, 4.69) is 40.1 Å². The van der Waals surface area contributed by atoms with Crippen molar-refractivity contribution in [2.75, 3.05) is 27.2 Å². The molecule has 0 spiro atoms. The monoisotopic (exact) mass is 320 g/mol. The molecule has 1 fully saturated rings. The highest BCUT2D eigenvalue weighted by Crippen LogP contribution is 2.50. The van der Waals surface area contributed by atoms with Crippen molar-refractivity contribution < 1.29 is 14.0 Å². The van der Waals surface area contributed by atoms with Gasteiger partial charge in [0.25, 0.3) is 0 Å². The predicted octanol–water partition coefficient (Wildman–Crippen LogP) is 4.37. The number of piperidine rings is 1. The lowest BCUT2D eigenvalue weighted by Gasteiger charge is -2.54. The first-order valence-corrected chi connectivity index (χ1v) is 8.82. The van der Waals surface area contributed by atoms with Crippen LogP contribution in [0.2, 0.25) is 0 Å². The first kappa shape index (κ1) is 19.7. The van der Waals surface area contributed by atoms with Gasteiger partial charge in [-0.25, -0.2) is 0 Å². The van der Waals surface area contributed by atoms with E-state index < -0.39 is 5.60 Å². The minimum absolute atomic E-state index is 0.110. The lowest BCUT2D eigenvalue weighted by molar-refractivity contribution is -0.906. The van der Waals surface area contributed by atoms with E-state index in [-0.39, 0.29) is 11.4 Å². The maximum atomic E-state index is 12.1. The molecule has 1 saturated heterocycles. The number of quaternary nitrogens is 1. The molecule has 1 aliphatic rings. The minimum atomic E-state index is -0.519. The molecule has 1 aliphatic heterocycles. The number of likely N-dealkylation sites (tertiary alicyclic amines) is 1. The lowest BCUT2D eigenvalue weighted by Crippen LogP contribution is -2.62. The Hall–Kier alpha value is -1.35. The van der Waals surface area contributed by atoms with Gasteiger partial charge in [0, 0.05) is 12.8 Å². The summed E-state index contributed by atoms with van der Waals surface area (Å²) in [5.74, 6) is -0.112. The molecule has 1 unspecified atom stereocenters. The van der Waals surface area contributed by atoms with Gasteiger partial charge in [-0.05, 0) is 5.56 Å². The summed E-state index contributed by atoms with van der Waals surface area (Å²) in [7, 11) is 4.50. The van der Waals surface area contributed by atoms with E-state index in [1.165, 1.54) is 0 Å². The molecule has 0 amide bonds. The molecule has 1 aromatic carbocycles. The highest BCUT2D eigenvalue weighted by molar-refractivity contribution is 5.70. The van der Waals surface area contributed by atoms with Crippen LogP contribution in [0.3, 0.4) is 0 Å². The van der Waals surface area contributed by atoms with Crippen LogP contribution in [-0.4, -0.2) is 37.6 Å². The van der Waals surface area contributed by atoms with Gasteiger partial charge < -0.3 is 9.22 Å². The Morgan fingerprint density at radius 3 is 2.22 bits per heavy atom. The van der Waals surface area contributed by atoms with Crippen molar-refractivity contribution >= 4 is 5.97 Å². The molecular weight excluding hydrogens is 286 g/mol. The van der Waals surface area contributed by atoms with Crippen LogP contribution in [0.4, 0.5) is 0 Å². The van der Waals surface area contributed by atoms with Gasteiger partial charge in [-0.3, -0.25) is 4.79 Å². The molecule has 1 aromatic rings. The summed E-state index contributed by atoms with van der Waals surface area (Å²) in [6.45, 7) is 12.3. The highest BCUT2D eigenvalue weighted by atomic mass is 16.6. The summed E-state index contributed by atoms with van der Waals surface area (Å²) < 4.78 is 7.04. The Kier molecular flexibility index (Phi) is 6.41. The van der Waals surface area contributed by atoms with E-state index in [0.29, 0.717) is 6.42 Å². The van der Waals surface area contributed by atoms with Crippen LogP contribution in [0.25, 0.3) is 0 Å². The number of rotatable bonds is 3. The van der Waals surface area contributed by atoms with E-state index in [1.807, 2.05) is 39.0 Å². The minimum Gasteiger partial charge on any atom is -0.453 e. The van der Waals surface area contributed by atoms with Crippen LogP contribution in [0.5, 0.6) is 0 Å². The lowest BCUT2D eigenvalue weighted by atomic mass is 9.65. The van der Waals surface area contributed by atoms with Gasteiger partial charge in [0.1, 0.15) is 0 Å². The Labute approximate surface area is 142 Å². The standard InChI is InChI=1S/C18H28NO2.C2H6/c1-6-16(20)21-18(15-10-8-7-9-11-15)12-13-19(4,5)14-17(18,2)3;1-2/h7-11H,6,12-14H2,1-5H3;1-2H3/q+1;. The quantitative estimate of drug-likeness (QED) is 0.611. The molecule has 2 rings (SSSR count). The number of hydrogen-bond donors (Lipinski definition) is 0. The second kappa shape index (κ2) is 7.48. The number of carbonyl (C=O) groups is 1. The van der Waals surface area contributed by atoms with Gasteiger partial charge in [0.15, 0.2) is 5.60 Å². The predicted molar refractivity (Wildman–Crippen MR) is 96.1 cm³/mol. The highest BCUT2D eigenvalue weighted by Gasteiger charge is 2.56. The summed E-state index contributed by atoms with van der Waals surface area (Å²) in [4.78, 5) is 12.1. The number of nitrogens with zero attached hydrogens (tertiary/aromatic N) is 1. The van der Waals surface area contributed by atoms with Crippen molar-refractivity contribution in [1.82, 2.24) is 0 Å². The Morgan fingerprint density at radius 2 is 1.74 bits per heavy atom. The molecule has 1 atom stereocenters. The summed E-state index contributed by atoms with van der Waals surface area (Å²) in [5.41, 5.74) is 0.493. The van der Waals surface area contributed by atoms with Crippen molar-refractivity contribution in [3.8, 4) is 0 Å². The third-order valence-electron chi connectivity index (χ3n) is 4.80. The molecule has 0 aromatic heterocycles. The van der Waals surface area contributed by atoms with E-state index in [9.17, 15) is 4.79 Å². The van der Waals surface area contributed by atoms with E-state index in [0.717, 1.165) is 29.6 Å². The van der Waals surface area contributed by atoms with Crippen molar-refractivity contribution in [3.05, 3.63) is 35.9 Å². The van der Waals surface area contributed by atoms with Crippen LogP contribution < -0.4 is 0 Å². The molecule has 3 heteroatoms. The summed E-state index contributed by atoms with van der Waals surface area (Å²) in [6, 6.07) is 10.3.